The maximum Gasteiger partial charge on any atom is 0.119 e. The topological polar surface area (TPSA) is 49.7 Å². The first kappa shape index (κ1) is 18.2. The van der Waals surface area contributed by atoms with E-state index in [1.807, 2.05) is 60.7 Å². The van der Waals surface area contributed by atoms with Gasteiger partial charge in [-0.15, -0.1) is 0 Å². The van der Waals surface area contributed by atoms with Gasteiger partial charge in [0.1, 0.15) is 12.4 Å². The highest BCUT2D eigenvalue weighted by atomic mass is 16.5. The van der Waals surface area contributed by atoms with Gasteiger partial charge in [-0.2, -0.15) is 0 Å². The molecule has 0 heterocycles. The van der Waals surface area contributed by atoms with Crippen LogP contribution in [0.2, 0.25) is 0 Å². The highest BCUT2D eigenvalue weighted by molar-refractivity contribution is 5.66. The van der Waals surface area contributed by atoms with Gasteiger partial charge in [0.15, 0.2) is 0 Å². The number of aliphatic hydroxyl groups excluding tert-OH is 2. The quantitative estimate of drug-likeness (QED) is 0.647. The van der Waals surface area contributed by atoms with E-state index in [2.05, 4.69) is 12.1 Å². The third-order valence-corrected chi connectivity index (χ3v) is 4.29. The van der Waals surface area contributed by atoms with Crippen LogP contribution < -0.4 is 4.74 Å². The lowest BCUT2D eigenvalue weighted by Gasteiger charge is -2.11. The average Bonchev–Trinajstić information content (AvgIpc) is 2.68. The van der Waals surface area contributed by atoms with Crippen LogP contribution in [-0.4, -0.2) is 23.4 Å². The molecular weight excluding hydrogens is 324 g/mol. The molecule has 0 saturated heterocycles. The van der Waals surface area contributed by atoms with Gasteiger partial charge >= 0.3 is 0 Å². The van der Waals surface area contributed by atoms with E-state index in [4.69, 9.17) is 4.74 Å². The van der Waals surface area contributed by atoms with Crippen molar-refractivity contribution in [3.63, 3.8) is 0 Å². The minimum atomic E-state index is 0.119. The van der Waals surface area contributed by atoms with Crippen molar-refractivity contribution in [2.45, 2.75) is 19.4 Å². The summed E-state index contributed by atoms with van der Waals surface area (Å²) in [6.07, 6.45) is 1.23. The molecule has 26 heavy (non-hydrogen) atoms. The summed E-state index contributed by atoms with van der Waals surface area (Å²) < 4.78 is 5.84. The van der Waals surface area contributed by atoms with Crippen molar-refractivity contribution in [3.8, 4) is 16.9 Å². The molecule has 0 aliphatic carbocycles. The Labute approximate surface area is 154 Å². The van der Waals surface area contributed by atoms with Crippen molar-refractivity contribution in [2.24, 2.45) is 0 Å². The van der Waals surface area contributed by atoms with Crippen LogP contribution in [0.15, 0.2) is 72.8 Å². The molecule has 3 rings (SSSR count). The smallest absolute Gasteiger partial charge is 0.119 e. The van der Waals surface area contributed by atoms with Crippen LogP contribution in [0.4, 0.5) is 0 Å². The first-order valence-corrected chi connectivity index (χ1v) is 8.90. The fraction of sp³-hybridized carbons (Fsp3) is 0.217. The maximum absolute atomic E-state index is 9.23. The molecule has 2 N–H and O–H groups in total. The van der Waals surface area contributed by atoms with Gasteiger partial charge < -0.3 is 14.9 Å². The molecule has 0 unspecified atom stereocenters. The molecule has 0 spiro atoms. The first-order chi connectivity index (χ1) is 12.8. The average molecular weight is 348 g/mol. The Bertz CT molecular complexity index is 786. The molecule has 3 nitrogen and oxygen atoms in total. The predicted octanol–water partition coefficient (Wildman–Crippen LogP) is 4.00. The van der Waals surface area contributed by atoms with Crippen molar-refractivity contribution in [2.75, 3.05) is 13.2 Å². The largest absolute Gasteiger partial charge is 0.489 e. The Morgan fingerprint density at radius 1 is 0.615 bits per heavy atom. The number of aliphatic hydroxyl groups is 2. The molecule has 0 atom stereocenters. The summed E-state index contributed by atoms with van der Waals surface area (Å²) in [4.78, 5) is 0. The lowest BCUT2D eigenvalue weighted by Crippen LogP contribution is -1.97. The summed E-state index contributed by atoms with van der Waals surface area (Å²) in [6, 6.07) is 24.4. The van der Waals surface area contributed by atoms with Crippen molar-refractivity contribution in [1.82, 2.24) is 0 Å². The number of benzene rings is 3. The monoisotopic (exact) mass is 348 g/mol. The zero-order chi connectivity index (χ0) is 18.2. The molecule has 0 radical (unpaired) electrons. The third-order valence-electron chi connectivity index (χ3n) is 4.29. The Hall–Kier alpha value is -2.62. The number of ether oxygens (including phenoxy) is 1. The zero-order valence-corrected chi connectivity index (χ0v) is 14.8. The maximum atomic E-state index is 9.23. The normalized spacial score (nSPS) is 10.7. The van der Waals surface area contributed by atoms with E-state index in [0.717, 1.165) is 33.6 Å². The fourth-order valence-electron chi connectivity index (χ4n) is 2.96. The van der Waals surface area contributed by atoms with Crippen LogP contribution in [0.3, 0.4) is 0 Å². The lowest BCUT2D eigenvalue weighted by molar-refractivity contribution is 0.298. The van der Waals surface area contributed by atoms with Gasteiger partial charge in [0, 0.05) is 13.2 Å². The third kappa shape index (κ3) is 4.94. The van der Waals surface area contributed by atoms with Crippen LogP contribution in [0.5, 0.6) is 5.75 Å². The summed E-state index contributed by atoms with van der Waals surface area (Å²) in [6.45, 7) is 0.787. The van der Waals surface area contributed by atoms with E-state index >= 15 is 0 Å². The second-order valence-electron chi connectivity index (χ2n) is 6.28. The van der Waals surface area contributed by atoms with E-state index < -0.39 is 0 Å². The summed E-state index contributed by atoms with van der Waals surface area (Å²) >= 11 is 0. The number of hydrogen-bond donors (Lipinski definition) is 2. The molecule has 3 aromatic rings. The Balaban J connectivity index is 1.75. The summed E-state index contributed by atoms with van der Waals surface area (Å²) in [5.74, 6) is 0.833. The van der Waals surface area contributed by atoms with Crippen LogP contribution in [-0.2, 0) is 19.4 Å². The standard InChI is InChI=1S/C23H24O3/c24-12-10-19-14-20(11-13-25)16-22(15-19)21-6-8-23(9-7-21)26-17-18-4-2-1-3-5-18/h1-9,14-16,24-25H,10-13,17H2. The summed E-state index contributed by atoms with van der Waals surface area (Å²) in [7, 11) is 0. The van der Waals surface area contributed by atoms with Crippen molar-refractivity contribution < 1.29 is 14.9 Å². The van der Waals surface area contributed by atoms with Crippen LogP contribution in [0.1, 0.15) is 16.7 Å². The second kappa shape index (κ2) is 9.18. The van der Waals surface area contributed by atoms with Crippen molar-refractivity contribution in [3.05, 3.63) is 89.5 Å². The SMILES string of the molecule is OCCc1cc(CCO)cc(-c2ccc(OCc3ccccc3)cc2)c1. The number of hydrogen-bond acceptors (Lipinski definition) is 3. The van der Waals surface area contributed by atoms with E-state index in [1.165, 1.54) is 0 Å². The van der Waals surface area contributed by atoms with Gasteiger partial charge in [0.25, 0.3) is 0 Å². The van der Waals surface area contributed by atoms with Gasteiger partial charge in [-0.25, -0.2) is 0 Å². The van der Waals surface area contributed by atoms with Gasteiger partial charge in [-0.3, -0.25) is 0 Å². The minimum absolute atomic E-state index is 0.119. The van der Waals surface area contributed by atoms with Crippen molar-refractivity contribution in [1.29, 1.82) is 0 Å². The summed E-state index contributed by atoms with van der Waals surface area (Å²) in [5, 5.41) is 18.5. The Kier molecular flexibility index (Phi) is 6.42. The molecule has 3 aromatic carbocycles. The molecule has 0 aromatic heterocycles. The molecule has 0 bridgehead atoms. The Morgan fingerprint density at radius 3 is 1.81 bits per heavy atom. The van der Waals surface area contributed by atoms with Gasteiger partial charge in [-0.05, 0) is 52.8 Å². The zero-order valence-electron chi connectivity index (χ0n) is 14.8. The van der Waals surface area contributed by atoms with E-state index in [-0.39, 0.29) is 13.2 Å². The molecular formula is C23H24O3. The summed E-state index contributed by atoms with van der Waals surface area (Å²) in [5.41, 5.74) is 5.49. The van der Waals surface area contributed by atoms with E-state index in [9.17, 15) is 10.2 Å². The van der Waals surface area contributed by atoms with Crippen molar-refractivity contribution >= 4 is 0 Å². The molecule has 0 aliphatic heterocycles. The molecule has 0 aliphatic rings. The number of rotatable bonds is 8. The van der Waals surface area contributed by atoms with Gasteiger partial charge in [0.05, 0.1) is 0 Å². The van der Waals surface area contributed by atoms with Gasteiger partial charge in [0.2, 0.25) is 0 Å². The van der Waals surface area contributed by atoms with E-state index in [1.54, 1.807) is 0 Å². The lowest BCUT2D eigenvalue weighted by atomic mass is 9.97. The second-order valence-corrected chi connectivity index (χ2v) is 6.28. The molecule has 0 amide bonds. The first-order valence-electron chi connectivity index (χ1n) is 8.90. The molecule has 0 fully saturated rings. The fourth-order valence-corrected chi connectivity index (χ4v) is 2.96. The Morgan fingerprint density at radius 2 is 1.23 bits per heavy atom. The predicted molar refractivity (Wildman–Crippen MR) is 104 cm³/mol. The van der Waals surface area contributed by atoms with E-state index in [0.29, 0.717) is 19.4 Å². The molecule has 3 heteroatoms. The van der Waals surface area contributed by atoms with Gasteiger partial charge in [-0.1, -0.05) is 60.7 Å². The highest BCUT2D eigenvalue weighted by Gasteiger charge is 2.05. The molecule has 0 saturated carbocycles. The minimum Gasteiger partial charge on any atom is -0.489 e. The molecule has 134 valence electrons. The van der Waals surface area contributed by atoms with Crippen LogP contribution >= 0.6 is 0 Å². The highest BCUT2D eigenvalue weighted by Crippen LogP contribution is 2.26. The van der Waals surface area contributed by atoms with Crippen LogP contribution in [0, 0.1) is 0 Å². The van der Waals surface area contributed by atoms with Crippen LogP contribution in [0.25, 0.3) is 11.1 Å².